The predicted octanol–water partition coefficient (Wildman–Crippen LogP) is 2.22. The molecule has 0 unspecified atom stereocenters. The maximum atomic E-state index is 12.5. The number of hydrogen-bond donors (Lipinski definition) is 1. The topological polar surface area (TPSA) is 64.3 Å². The molecule has 1 aromatic heterocycles. The van der Waals surface area contributed by atoms with Gasteiger partial charge >= 0.3 is 12.3 Å². The van der Waals surface area contributed by atoms with Crippen molar-refractivity contribution in [3.63, 3.8) is 0 Å². The van der Waals surface area contributed by atoms with Crippen molar-refractivity contribution in [2.45, 2.75) is 6.30 Å². The molecule has 2 rings (SSSR count). The number of halogens is 3. The summed E-state index contributed by atoms with van der Waals surface area (Å²) in [6.07, 6.45) is -3.95. The van der Waals surface area contributed by atoms with Crippen LogP contribution < -0.4 is 4.74 Å². The van der Waals surface area contributed by atoms with E-state index in [4.69, 9.17) is 9.84 Å². The molecule has 0 saturated heterocycles. The van der Waals surface area contributed by atoms with Gasteiger partial charge in [0, 0.05) is 11.6 Å². The van der Waals surface area contributed by atoms with E-state index in [-0.39, 0.29) is 26.9 Å². The van der Waals surface area contributed by atoms with Crippen molar-refractivity contribution < 1.29 is 27.8 Å². The molecule has 0 atom stereocenters. The highest BCUT2D eigenvalue weighted by molar-refractivity contribution is 5.95. The van der Waals surface area contributed by atoms with E-state index in [0.717, 1.165) is 12.1 Å². The van der Waals surface area contributed by atoms with Gasteiger partial charge in [0.05, 0.1) is 12.7 Å². The summed E-state index contributed by atoms with van der Waals surface area (Å²) < 4.78 is 42.0. The van der Waals surface area contributed by atoms with Crippen LogP contribution in [0.2, 0.25) is 0 Å². The van der Waals surface area contributed by atoms with E-state index >= 15 is 0 Å². The molecule has 8 heteroatoms. The van der Waals surface area contributed by atoms with Gasteiger partial charge in [0.2, 0.25) is 0 Å². The lowest BCUT2D eigenvalue weighted by Crippen LogP contribution is -2.16. The van der Waals surface area contributed by atoms with E-state index in [9.17, 15) is 18.0 Å². The molecule has 0 fully saturated rings. The summed E-state index contributed by atoms with van der Waals surface area (Å²) in [5.41, 5.74) is -0.208. The highest BCUT2D eigenvalue weighted by atomic mass is 19.4. The Morgan fingerprint density at radius 3 is 2.61 bits per heavy atom. The van der Waals surface area contributed by atoms with Crippen LogP contribution in [-0.4, -0.2) is 28.0 Å². The molecular weight excluding hydrogens is 253 g/mol. The Kier molecular flexibility index (Phi) is 2.64. The summed E-state index contributed by atoms with van der Waals surface area (Å²) >= 11 is 0. The van der Waals surface area contributed by atoms with E-state index < -0.39 is 12.3 Å². The van der Waals surface area contributed by atoms with E-state index in [2.05, 4.69) is 5.10 Å². The predicted molar refractivity (Wildman–Crippen MR) is 54.5 cm³/mol. The Morgan fingerprint density at radius 2 is 2.11 bits per heavy atom. The van der Waals surface area contributed by atoms with Gasteiger partial charge in [-0.2, -0.15) is 9.78 Å². The maximum Gasteiger partial charge on any atom is 0.504 e. The van der Waals surface area contributed by atoms with Gasteiger partial charge in [-0.25, -0.2) is 4.79 Å². The molecule has 0 spiro atoms. The summed E-state index contributed by atoms with van der Waals surface area (Å²) in [5.74, 6) is -1.28. The summed E-state index contributed by atoms with van der Waals surface area (Å²) in [4.78, 5) is 10.8. The van der Waals surface area contributed by atoms with Gasteiger partial charge in [-0.1, -0.05) is 0 Å². The largest absolute Gasteiger partial charge is 0.504 e. The number of carboxylic acid groups (broad SMARTS) is 1. The lowest BCUT2D eigenvalue weighted by atomic mass is 10.1. The molecule has 0 aliphatic carbocycles. The number of carbonyl (C=O) groups is 1. The molecule has 0 saturated carbocycles. The quantitative estimate of drug-likeness (QED) is 0.899. The fourth-order valence-electron chi connectivity index (χ4n) is 1.51. The summed E-state index contributed by atoms with van der Waals surface area (Å²) in [6, 6.07) is 2.23. The van der Waals surface area contributed by atoms with Gasteiger partial charge in [-0.15, -0.1) is 13.2 Å². The molecule has 0 amide bonds. The van der Waals surface area contributed by atoms with E-state index in [1.807, 2.05) is 0 Å². The molecule has 0 aliphatic rings. The van der Waals surface area contributed by atoms with Crippen LogP contribution in [0, 0.1) is 0 Å². The number of alkyl halides is 3. The number of hydrogen-bond acceptors (Lipinski definition) is 3. The third-order valence-electron chi connectivity index (χ3n) is 2.30. The minimum atomic E-state index is -4.66. The lowest BCUT2D eigenvalue weighted by molar-refractivity contribution is -0.211. The first kappa shape index (κ1) is 12.2. The van der Waals surface area contributed by atoms with Crippen molar-refractivity contribution in [1.29, 1.82) is 0 Å². The van der Waals surface area contributed by atoms with Gasteiger partial charge in [0.15, 0.2) is 0 Å². The summed E-state index contributed by atoms with van der Waals surface area (Å²) in [5, 5.41) is 12.2. The standard InChI is InChI=1S/C10H7F3N2O3/c1-18-7-3-5(9(16)17)2-6-4-15(10(11,12)13)14-8(6)7/h2-4H,1H3,(H,16,17). The van der Waals surface area contributed by atoms with E-state index in [1.165, 1.54) is 7.11 Å². The first-order valence-electron chi connectivity index (χ1n) is 4.71. The molecular formula is C10H7F3N2O3. The van der Waals surface area contributed by atoms with Crippen LogP contribution in [-0.2, 0) is 6.30 Å². The Hall–Kier alpha value is -2.25. The highest BCUT2D eigenvalue weighted by Crippen LogP contribution is 2.30. The van der Waals surface area contributed by atoms with Gasteiger partial charge in [0.25, 0.3) is 0 Å². The average Bonchev–Trinajstić information content (AvgIpc) is 2.70. The normalized spacial score (nSPS) is 11.8. The van der Waals surface area contributed by atoms with Crippen LogP contribution in [0.15, 0.2) is 18.3 Å². The number of aromatic nitrogens is 2. The third kappa shape index (κ3) is 1.96. The number of fused-ring (bicyclic) bond motifs is 1. The second-order valence-corrected chi connectivity index (χ2v) is 3.46. The molecule has 96 valence electrons. The molecule has 2 aromatic rings. The van der Waals surface area contributed by atoms with Crippen LogP contribution >= 0.6 is 0 Å². The zero-order chi connectivity index (χ0) is 13.5. The smallest absolute Gasteiger partial charge is 0.494 e. The molecule has 18 heavy (non-hydrogen) atoms. The van der Waals surface area contributed by atoms with Crippen LogP contribution in [0.4, 0.5) is 13.2 Å². The molecule has 1 aromatic carbocycles. The lowest BCUT2D eigenvalue weighted by Gasteiger charge is -2.04. The molecule has 5 nitrogen and oxygen atoms in total. The number of benzene rings is 1. The van der Waals surface area contributed by atoms with Crippen molar-refractivity contribution >= 4 is 16.9 Å². The number of ether oxygens (including phenoxy) is 1. The Balaban J connectivity index is 2.71. The first-order chi connectivity index (χ1) is 8.32. The second-order valence-electron chi connectivity index (χ2n) is 3.46. The number of rotatable bonds is 2. The van der Waals surface area contributed by atoms with Gasteiger partial charge in [0.1, 0.15) is 11.3 Å². The maximum absolute atomic E-state index is 12.5. The molecule has 0 radical (unpaired) electrons. The van der Waals surface area contributed by atoms with Crippen molar-refractivity contribution in [2.24, 2.45) is 0 Å². The van der Waals surface area contributed by atoms with Crippen LogP contribution in [0.3, 0.4) is 0 Å². The number of carboxylic acids is 1. The van der Waals surface area contributed by atoms with Gasteiger partial charge in [-0.3, -0.25) is 0 Å². The Morgan fingerprint density at radius 1 is 1.44 bits per heavy atom. The van der Waals surface area contributed by atoms with Crippen molar-refractivity contribution in [3.05, 3.63) is 23.9 Å². The number of aromatic carboxylic acids is 1. The Bertz CT molecular complexity index is 619. The van der Waals surface area contributed by atoms with Crippen molar-refractivity contribution in [2.75, 3.05) is 7.11 Å². The fraction of sp³-hybridized carbons (Fsp3) is 0.200. The van der Waals surface area contributed by atoms with Gasteiger partial charge in [-0.05, 0) is 12.1 Å². The molecule has 0 bridgehead atoms. The monoisotopic (exact) mass is 260 g/mol. The minimum absolute atomic E-state index is 0.0205. The van der Waals surface area contributed by atoms with Crippen LogP contribution in [0.25, 0.3) is 10.9 Å². The number of methoxy groups -OCH3 is 1. The van der Waals surface area contributed by atoms with Crippen molar-refractivity contribution in [3.8, 4) is 5.75 Å². The molecule has 1 N–H and O–H groups in total. The van der Waals surface area contributed by atoms with E-state index in [1.54, 1.807) is 0 Å². The second kappa shape index (κ2) is 3.90. The van der Waals surface area contributed by atoms with Gasteiger partial charge < -0.3 is 9.84 Å². The minimum Gasteiger partial charge on any atom is -0.494 e. The molecule has 1 heterocycles. The zero-order valence-corrected chi connectivity index (χ0v) is 9.02. The molecule has 0 aliphatic heterocycles. The number of nitrogens with zero attached hydrogens (tertiary/aromatic N) is 2. The fourth-order valence-corrected chi connectivity index (χ4v) is 1.51. The Labute approximate surface area is 98.4 Å². The SMILES string of the molecule is COc1cc(C(=O)O)cc2cn(C(F)(F)F)nc12. The van der Waals surface area contributed by atoms with Crippen LogP contribution in [0.5, 0.6) is 5.75 Å². The van der Waals surface area contributed by atoms with Crippen molar-refractivity contribution in [1.82, 2.24) is 9.78 Å². The summed E-state index contributed by atoms with van der Waals surface area (Å²) in [6.45, 7) is 0. The third-order valence-corrected chi connectivity index (χ3v) is 2.30. The van der Waals surface area contributed by atoms with E-state index in [0.29, 0.717) is 6.20 Å². The highest BCUT2D eigenvalue weighted by Gasteiger charge is 2.32. The zero-order valence-electron chi connectivity index (χ0n) is 9.02. The van der Waals surface area contributed by atoms with Crippen LogP contribution in [0.1, 0.15) is 10.4 Å². The average molecular weight is 260 g/mol. The first-order valence-corrected chi connectivity index (χ1v) is 4.71. The summed E-state index contributed by atoms with van der Waals surface area (Å²) in [7, 11) is 1.23.